The maximum absolute atomic E-state index is 10.4. The minimum atomic E-state index is -0.613. The Labute approximate surface area is 59.4 Å². The van der Waals surface area contributed by atoms with Gasteiger partial charge in [-0.3, -0.25) is 4.79 Å². The summed E-state index contributed by atoms with van der Waals surface area (Å²) in [6.07, 6.45) is 1.80. The number of carbonyl (C=O) groups is 1. The lowest BCUT2D eigenvalue weighted by Gasteiger charge is -2.52. The Hall–Kier alpha value is -0.570. The first-order valence-corrected chi connectivity index (χ1v) is 3.65. The zero-order valence-electron chi connectivity index (χ0n) is 5.76. The third kappa shape index (κ3) is 0.669. The van der Waals surface area contributed by atoms with Crippen LogP contribution in [-0.2, 0) is 4.79 Å². The molecule has 0 bridgehead atoms. The monoisotopic (exact) mass is 141 g/mol. The quantitative estimate of drug-likeness (QED) is 0.543. The van der Waals surface area contributed by atoms with Crippen molar-refractivity contribution >= 4 is 5.97 Å². The van der Waals surface area contributed by atoms with Crippen LogP contribution in [0.1, 0.15) is 12.8 Å². The van der Waals surface area contributed by atoms with E-state index in [1.165, 1.54) is 0 Å². The molecule has 2 N–H and O–H groups in total. The van der Waals surface area contributed by atoms with Crippen LogP contribution in [-0.4, -0.2) is 24.2 Å². The van der Waals surface area contributed by atoms with Gasteiger partial charge >= 0.3 is 5.97 Å². The molecule has 0 aromatic carbocycles. The lowest BCUT2D eigenvalue weighted by Crippen LogP contribution is -2.61. The SMILES string of the molecule is O=C(O)C1CC2(CNC2)C1. The number of carboxylic acid groups (broad SMARTS) is 1. The number of rotatable bonds is 1. The maximum atomic E-state index is 10.4. The van der Waals surface area contributed by atoms with Crippen molar-refractivity contribution in [3.05, 3.63) is 0 Å². The van der Waals surface area contributed by atoms with Gasteiger partial charge in [-0.05, 0) is 18.3 Å². The Kier molecular flexibility index (Phi) is 1.06. The van der Waals surface area contributed by atoms with Crippen molar-refractivity contribution < 1.29 is 9.90 Å². The van der Waals surface area contributed by atoms with E-state index in [4.69, 9.17) is 5.11 Å². The molecule has 0 atom stereocenters. The van der Waals surface area contributed by atoms with Gasteiger partial charge in [0.15, 0.2) is 0 Å². The molecule has 1 aliphatic heterocycles. The highest BCUT2D eigenvalue weighted by Gasteiger charge is 2.50. The van der Waals surface area contributed by atoms with Crippen LogP contribution < -0.4 is 5.32 Å². The van der Waals surface area contributed by atoms with Gasteiger partial charge < -0.3 is 10.4 Å². The summed E-state index contributed by atoms with van der Waals surface area (Å²) < 4.78 is 0. The Bertz CT molecular complexity index is 166. The number of aliphatic carboxylic acids is 1. The fourth-order valence-corrected chi connectivity index (χ4v) is 1.93. The second kappa shape index (κ2) is 1.72. The molecule has 3 nitrogen and oxygen atoms in total. The third-order valence-corrected chi connectivity index (χ3v) is 2.71. The molecule has 10 heavy (non-hydrogen) atoms. The average Bonchev–Trinajstić information content (AvgIpc) is 1.54. The topological polar surface area (TPSA) is 49.3 Å². The summed E-state index contributed by atoms with van der Waals surface area (Å²) in [6, 6.07) is 0. The molecule has 2 aliphatic rings. The van der Waals surface area contributed by atoms with E-state index in [9.17, 15) is 4.79 Å². The van der Waals surface area contributed by atoms with Crippen molar-refractivity contribution in [3.63, 3.8) is 0 Å². The molecule has 0 aromatic rings. The lowest BCUT2D eigenvalue weighted by atomic mass is 9.59. The van der Waals surface area contributed by atoms with Gasteiger partial charge in [0.1, 0.15) is 0 Å². The second-order valence-electron chi connectivity index (χ2n) is 3.55. The summed E-state index contributed by atoms with van der Waals surface area (Å²) in [6.45, 7) is 2.08. The minimum absolute atomic E-state index is 0.0397. The number of nitrogens with one attached hydrogen (secondary N) is 1. The highest BCUT2D eigenvalue weighted by Crippen LogP contribution is 2.48. The van der Waals surface area contributed by atoms with Gasteiger partial charge in [0.25, 0.3) is 0 Å². The molecule has 1 saturated heterocycles. The predicted molar refractivity (Wildman–Crippen MR) is 35.7 cm³/mol. The normalized spacial score (nSPS) is 29.2. The zero-order chi connectivity index (χ0) is 7.19. The Morgan fingerprint density at radius 2 is 2.10 bits per heavy atom. The van der Waals surface area contributed by atoms with Crippen molar-refractivity contribution in [2.75, 3.05) is 13.1 Å². The van der Waals surface area contributed by atoms with Crippen molar-refractivity contribution in [1.82, 2.24) is 5.32 Å². The van der Waals surface area contributed by atoms with Crippen LogP contribution in [0.4, 0.5) is 0 Å². The highest BCUT2D eigenvalue weighted by molar-refractivity contribution is 5.71. The first-order valence-electron chi connectivity index (χ1n) is 3.65. The molecule has 0 unspecified atom stereocenters. The van der Waals surface area contributed by atoms with E-state index in [0.29, 0.717) is 5.41 Å². The van der Waals surface area contributed by atoms with Crippen LogP contribution in [0.25, 0.3) is 0 Å². The molecule has 1 saturated carbocycles. The molecule has 0 amide bonds. The standard InChI is InChI=1S/C7H11NO2/c9-6(10)5-1-7(2-5)3-8-4-7/h5,8H,1-4H2,(H,9,10). The fourth-order valence-electron chi connectivity index (χ4n) is 1.93. The van der Waals surface area contributed by atoms with E-state index in [0.717, 1.165) is 25.9 Å². The smallest absolute Gasteiger partial charge is 0.306 e. The third-order valence-electron chi connectivity index (χ3n) is 2.71. The van der Waals surface area contributed by atoms with E-state index < -0.39 is 5.97 Å². The predicted octanol–water partition coefficient (Wildman–Crippen LogP) is 0.0706. The first kappa shape index (κ1) is 6.16. The van der Waals surface area contributed by atoms with Gasteiger partial charge in [0.2, 0.25) is 0 Å². The molecule has 1 aliphatic carbocycles. The molecule has 56 valence electrons. The van der Waals surface area contributed by atoms with Gasteiger partial charge in [-0.2, -0.15) is 0 Å². The van der Waals surface area contributed by atoms with Gasteiger partial charge in [-0.1, -0.05) is 0 Å². The van der Waals surface area contributed by atoms with E-state index in [1.54, 1.807) is 0 Å². The number of carboxylic acids is 1. The highest BCUT2D eigenvalue weighted by atomic mass is 16.4. The molecule has 3 heteroatoms. The molecule has 2 rings (SSSR count). The van der Waals surface area contributed by atoms with E-state index in [2.05, 4.69) is 5.32 Å². The van der Waals surface area contributed by atoms with Crippen LogP contribution in [0.3, 0.4) is 0 Å². The molecule has 1 heterocycles. The summed E-state index contributed by atoms with van der Waals surface area (Å²) in [5.74, 6) is -0.653. The van der Waals surface area contributed by atoms with Crippen LogP contribution in [0.2, 0.25) is 0 Å². The molecular formula is C7H11NO2. The zero-order valence-corrected chi connectivity index (χ0v) is 5.76. The van der Waals surface area contributed by atoms with Crippen molar-refractivity contribution in [2.45, 2.75) is 12.8 Å². The number of hydrogen-bond acceptors (Lipinski definition) is 2. The summed E-state index contributed by atoms with van der Waals surface area (Å²) in [4.78, 5) is 10.4. The molecule has 1 spiro atoms. The Balaban J connectivity index is 1.88. The van der Waals surface area contributed by atoms with Crippen molar-refractivity contribution in [2.24, 2.45) is 11.3 Å². The summed E-state index contributed by atoms with van der Waals surface area (Å²) >= 11 is 0. The van der Waals surface area contributed by atoms with Crippen molar-refractivity contribution in [1.29, 1.82) is 0 Å². The largest absolute Gasteiger partial charge is 0.481 e. The molecule has 0 aromatic heterocycles. The molecular weight excluding hydrogens is 130 g/mol. The average molecular weight is 141 g/mol. The van der Waals surface area contributed by atoms with Gasteiger partial charge in [-0.15, -0.1) is 0 Å². The summed E-state index contributed by atoms with van der Waals surface area (Å²) in [7, 11) is 0. The Morgan fingerprint density at radius 1 is 1.50 bits per heavy atom. The van der Waals surface area contributed by atoms with Crippen LogP contribution in [0.15, 0.2) is 0 Å². The van der Waals surface area contributed by atoms with Gasteiger partial charge in [0, 0.05) is 13.1 Å². The van der Waals surface area contributed by atoms with E-state index >= 15 is 0 Å². The fraction of sp³-hybridized carbons (Fsp3) is 0.857. The maximum Gasteiger partial charge on any atom is 0.306 e. The summed E-state index contributed by atoms with van der Waals surface area (Å²) in [5, 5.41) is 11.7. The Morgan fingerprint density at radius 3 is 2.40 bits per heavy atom. The van der Waals surface area contributed by atoms with E-state index in [-0.39, 0.29) is 5.92 Å². The molecule has 2 fully saturated rings. The van der Waals surface area contributed by atoms with Gasteiger partial charge in [0.05, 0.1) is 5.92 Å². The van der Waals surface area contributed by atoms with Crippen LogP contribution in [0.5, 0.6) is 0 Å². The first-order chi connectivity index (χ1) is 4.72. The van der Waals surface area contributed by atoms with Crippen molar-refractivity contribution in [3.8, 4) is 0 Å². The number of hydrogen-bond donors (Lipinski definition) is 2. The van der Waals surface area contributed by atoms with Crippen LogP contribution >= 0.6 is 0 Å². The summed E-state index contributed by atoms with van der Waals surface area (Å²) in [5.41, 5.74) is 0.406. The van der Waals surface area contributed by atoms with Crippen LogP contribution in [0, 0.1) is 11.3 Å². The molecule has 0 radical (unpaired) electrons. The minimum Gasteiger partial charge on any atom is -0.481 e. The van der Waals surface area contributed by atoms with E-state index in [1.807, 2.05) is 0 Å². The second-order valence-corrected chi connectivity index (χ2v) is 3.55. The van der Waals surface area contributed by atoms with Gasteiger partial charge in [-0.25, -0.2) is 0 Å². The lowest BCUT2D eigenvalue weighted by molar-refractivity contribution is -0.152.